The van der Waals surface area contributed by atoms with Gasteiger partial charge < -0.3 is 0 Å². The number of aromatic amines is 1. The Hall–Kier alpha value is -4.72. The van der Waals surface area contributed by atoms with Crippen LogP contribution in [0.15, 0.2) is 85.3 Å². The molecule has 0 aliphatic rings. The van der Waals surface area contributed by atoms with Gasteiger partial charge in [0.1, 0.15) is 11.4 Å². The lowest BCUT2D eigenvalue weighted by atomic mass is 10.1. The molecule has 0 radical (unpaired) electrons. The largest absolute Gasteiger partial charge is 0.285 e. The van der Waals surface area contributed by atoms with Crippen molar-refractivity contribution >= 4 is 11.0 Å². The molecule has 0 bridgehead atoms. The van der Waals surface area contributed by atoms with Gasteiger partial charge in [0.25, 0.3) is 0 Å². The molecule has 34 heavy (non-hydrogen) atoms. The molecule has 8 heteroatoms. The fourth-order valence-corrected chi connectivity index (χ4v) is 3.99. The first kappa shape index (κ1) is 19.9. The summed E-state index contributed by atoms with van der Waals surface area (Å²) < 4.78 is 1.89. The smallest absolute Gasteiger partial charge is 0.141 e. The minimum atomic E-state index is 0.571. The monoisotopic (exact) mass is 444 g/mol. The molecule has 0 saturated carbocycles. The maximum atomic E-state index is 4.98. The number of rotatable bonds is 5. The van der Waals surface area contributed by atoms with Gasteiger partial charge >= 0.3 is 0 Å². The summed E-state index contributed by atoms with van der Waals surface area (Å²) in [6.07, 6.45) is 5.44. The number of aromatic nitrogens is 8. The van der Waals surface area contributed by atoms with E-state index in [1.165, 1.54) is 0 Å². The second kappa shape index (κ2) is 8.32. The van der Waals surface area contributed by atoms with Crippen LogP contribution in [0.4, 0.5) is 0 Å². The SMILES string of the molecule is Cc1cccc(-c2nnn(Cc3ccccc3)c2-c2ccc3ncc(-c4cn[nH]c4)cc3n2)n1. The summed E-state index contributed by atoms with van der Waals surface area (Å²) in [5.74, 6) is 0. The van der Waals surface area contributed by atoms with E-state index in [4.69, 9.17) is 9.97 Å². The zero-order valence-corrected chi connectivity index (χ0v) is 18.4. The number of nitrogens with one attached hydrogen (secondary N) is 1. The first-order chi connectivity index (χ1) is 16.7. The number of fused-ring (bicyclic) bond motifs is 1. The predicted molar refractivity (Wildman–Crippen MR) is 130 cm³/mol. The second-order valence-electron chi connectivity index (χ2n) is 8.04. The van der Waals surface area contributed by atoms with Crippen LogP contribution in [0.3, 0.4) is 0 Å². The summed E-state index contributed by atoms with van der Waals surface area (Å²) in [6.45, 7) is 2.54. The molecule has 8 nitrogen and oxygen atoms in total. The summed E-state index contributed by atoms with van der Waals surface area (Å²) in [5, 5.41) is 15.9. The molecule has 164 valence electrons. The van der Waals surface area contributed by atoms with Gasteiger partial charge in [0, 0.05) is 29.2 Å². The summed E-state index contributed by atoms with van der Waals surface area (Å²) in [7, 11) is 0. The summed E-state index contributed by atoms with van der Waals surface area (Å²) in [4.78, 5) is 14.3. The van der Waals surface area contributed by atoms with Crippen LogP contribution in [-0.4, -0.2) is 40.1 Å². The van der Waals surface area contributed by atoms with Gasteiger partial charge in [-0.3, -0.25) is 15.1 Å². The molecule has 0 unspecified atom stereocenters. The molecule has 0 spiro atoms. The normalized spacial score (nSPS) is 11.2. The van der Waals surface area contributed by atoms with Crippen LogP contribution < -0.4 is 0 Å². The van der Waals surface area contributed by atoms with Crippen LogP contribution in [-0.2, 0) is 6.54 Å². The van der Waals surface area contributed by atoms with E-state index in [1.54, 1.807) is 6.20 Å². The molecule has 0 aliphatic heterocycles. The van der Waals surface area contributed by atoms with Crippen molar-refractivity contribution in [1.29, 1.82) is 0 Å². The van der Waals surface area contributed by atoms with Gasteiger partial charge in [-0.05, 0) is 42.8 Å². The van der Waals surface area contributed by atoms with Gasteiger partial charge in [0.05, 0.1) is 35.2 Å². The van der Waals surface area contributed by atoms with Crippen molar-refractivity contribution in [3.63, 3.8) is 0 Å². The molecular weight excluding hydrogens is 424 g/mol. The first-order valence-electron chi connectivity index (χ1n) is 10.9. The van der Waals surface area contributed by atoms with Gasteiger partial charge in [-0.15, -0.1) is 5.10 Å². The molecular formula is C26H20N8. The quantitative estimate of drug-likeness (QED) is 0.414. The third-order valence-corrected chi connectivity index (χ3v) is 5.65. The van der Waals surface area contributed by atoms with Gasteiger partial charge in [-0.2, -0.15) is 5.10 Å². The average Bonchev–Trinajstić information content (AvgIpc) is 3.55. The molecule has 6 rings (SSSR count). The standard InChI is InChI=1S/C26H20N8/c1-17-6-5-9-22(30-17)25-26(34(33-32-25)16-18-7-3-2-4-8-18)23-11-10-21-24(31-23)12-19(13-27-21)20-14-28-29-15-20/h2-15H,16H2,1H3,(H,28,29). The van der Waals surface area contributed by atoms with E-state index in [-0.39, 0.29) is 0 Å². The lowest BCUT2D eigenvalue weighted by Gasteiger charge is -2.09. The van der Waals surface area contributed by atoms with Crippen molar-refractivity contribution in [3.05, 3.63) is 96.6 Å². The molecule has 1 N–H and O–H groups in total. The average molecular weight is 445 g/mol. The van der Waals surface area contributed by atoms with Crippen LogP contribution in [0, 0.1) is 6.92 Å². The Labute approximate surface area is 195 Å². The van der Waals surface area contributed by atoms with Gasteiger partial charge in [-0.1, -0.05) is 41.6 Å². The van der Waals surface area contributed by atoms with E-state index in [9.17, 15) is 0 Å². The van der Waals surface area contributed by atoms with E-state index in [1.807, 2.05) is 78.6 Å². The number of hydrogen-bond acceptors (Lipinski definition) is 6. The molecule has 0 saturated heterocycles. The third-order valence-electron chi connectivity index (χ3n) is 5.65. The Bertz CT molecular complexity index is 1590. The highest BCUT2D eigenvalue weighted by Crippen LogP contribution is 2.30. The second-order valence-corrected chi connectivity index (χ2v) is 8.04. The molecule has 6 aromatic rings. The van der Waals surface area contributed by atoms with E-state index in [0.717, 1.165) is 50.5 Å². The van der Waals surface area contributed by atoms with E-state index in [2.05, 4.69) is 37.6 Å². The van der Waals surface area contributed by atoms with Crippen molar-refractivity contribution in [1.82, 2.24) is 40.1 Å². The van der Waals surface area contributed by atoms with E-state index >= 15 is 0 Å². The summed E-state index contributed by atoms with van der Waals surface area (Å²) in [5.41, 5.74) is 8.59. The molecule has 1 aromatic carbocycles. The molecule has 0 amide bonds. The highest BCUT2D eigenvalue weighted by Gasteiger charge is 2.20. The van der Waals surface area contributed by atoms with Crippen LogP contribution in [0.5, 0.6) is 0 Å². The zero-order valence-electron chi connectivity index (χ0n) is 18.4. The van der Waals surface area contributed by atoms with Crippen molar-refractivity contribution in [2.75, 3.05) is 0 Å². The number of aryl methyl sites for hydroxylation is 1. The summed E-state index contributed by atoms with van der Waals surface area (Å²) >= 11 is 0. The van der Waals surface area contributed by atoms with Crippen LogP contribution >= 0.6 is 0 Å². The van der Waals surface area contributed by atoms with E-state index in [0.29, 0.717) is 12.2 Å². The maximum absolute atomic E-state index is 4.98. The minimum Gasteiger partial charge on any atom is -0.285 e. The Balaban J connectivity index is 1.52. The number of H-pyrrole nitrogens is 1. The fourth-order valence-electron chi connectivity index (χ4n) is 3.99. The molecule has 0 aliphatic carbocycles. The maximum Gasteiger partial charge on any atom is 0.141 e. The van der Waals surface area contributed by atoms with Crippen molar-refractivity contribution in [3.8, 4) is 33.9 Å². The van der Waals surface area contributed by atoms with Crippen LogP contribution in [0.25, 0.3) is 44.9 Å². The highest BCUT2D eigenvalue weighted by molar-refractivity contribution is 5.84. The van der Waals surface area contributed by atoms with Crippen LogP contribution in [0.2, 0.25) is 0 Å². The zero-order chi connectivity index (χ0) is 22.9. The Morgan fingerprint density at radius 3 is 2.56 bits per heavy atom. The lowest BCUT2D eigenvalue weighted by molar-refractivity contribution is 0.655. The third kappa shape index (κ3) is 3.71. The van der Waals surface area contributed by atoms with Gasteiger partial charge in [0.2, 0.25) is 0 Å². The van der Waals surface area contributed by atoms with E-state index < -0.39 is 0 Å². The van der Waals surface area contributed by atoms with Crippen LogP contribution in [0.1, 0.15) is 11.3 Å². The number of benzene rings is 1. The van der Waals surface area contributed by atoms with Gasteiger partial charge in [0.15, 0.2) is 0 Å². The van der Waals surface area contributed by atoms with Crippen molar-refractivity contribution in [2.45, 2.75) is 13.5 Å². The first-order valence-corrected chi connectivity index (χ1v) is 10.9. The van der Waals surface area contributed by atoms with Crippen molar-refractivity contribution in [2.24, 2.45) is 0 Å². The molecule has 5 heterocycles. The topological polar surface area (TPSA) is 98.1 Å². The molecule has 0 atom stereocenters. The number of pyridine rings is 3. The van der Waals surface area contributed by atoms with Crippen molar-refractivity contribution < 1.29 is 0 Å². The Morgan fingerprint density at radius 1 is 0.824 bits per heavy atom. The van der Waals surface area contributed by atoms with Gasteiger partial charge in [-0.25, -0.2) is 9.67 Å². The Morgan fingerprint density at radius 2 is 1.74 bits per heavy atom. The minimum absolute atomic E-state index is 0.571. The summed E-state index contributed by atoms with van der Waals surface area (Å²) in [6, 6.07) is 22.1. The molecule has 5 aromatic heterocycles. The Kier molecular flexibility index (Phi) is 4.88. The molecule has 0 fully saturated rings. The number of nitrogens with zero attached hydrogens (tertiary/aromatic N) is 7. The predicted octanol–water partition coefficient (Wildman–Crippen LogP) is 4.70. The fraction of sp³-hybridized carbons (Fsp3) is 0.0769. The lowest BCUT2D eigenvalue weighted by Crippen LogP contribution is -2.05. The number of hydrogen-bond donors (Lipinski definition) is 1. The highest BCUT2D eigenvalue weighted by atomic mass is 15.4.